The van der Waals surface area contributed by atoms with E-state index in [2.05, 4.69) is 57.7 Å². The summed E-state index contributed by atoms with van der Waals surface area (Å²) in [5, 5.41) is 0. The zero-order valence-electron chi connectivity index (χ0n) is 10.5. The van der Waals surface area contributed by atoms with Gasteiger partial charge in [0.25, 0.3) is 0 Å². The lowest BCUT2D eigenvalue weighted by molar-refractivity contribution is 1.22. The highest BCUT2D eigenvalue weighted by atomic mass is 14.0. The highest BCUT2D eigenvalue weighted by molar-refractivity contribution is 5.68. The fraction of sp³-hybridized carbons (Fsp3) is 0.250. The maximum atomic E-state index is 3.69. The monoisotopic (exact) mass is 212 g/mol. The van der Waals surface area contributed by atoms with Gasteiger partial charge in [0.2, 0.25) is 0 Å². The Morgan fingerprint density at radius 1 is 1.38 bits per heavy atom. The minimum Gasteiger partial charge on any atom is -0.0991 e. The molecule has 0 fully saturated rings. The van der Waals surface area contributed by atoms with Crippen molar-refractivity contribution in [3.63, 3.8) is 0 Å². The van der Waals surface area contributed by atoms with Crippen molar-refractivity contribution in [3.05, 3.63) is 59.7 Å². The maximum absolute atomic E-state index is 3.69. The van der Waals surface area contributed by atoms with E-state index in [0.29, 0.717) is 0 Å². The van der Waals surface area contributed by atoms with Crippen LogP contribution in [0, 0.1) is 6.92 Å². The van der Waals surface area contributed by atoms with E-state index in [1.807, 2.05) is 6.08 Å². The molecule has 1 rings (SSSR count). The summed E-state index contributed by atoms with van der Waals surface area (Å²) in [6.07, 6.45) is 9.22. The fourth-order valence-corrected chi connectivity index (χ4v) is 1.66. The zero-order valence-corrected chi connectivity index (χ0v) is 10.5. The number of allylic oxidation sites excluding steroid dienone is 4. The van der Waals surface area contributed by atoms with E-state index in [9.17, 15) is 0 Å². The molecule has 0 nitrogen and oxygen atoms in total. The van der Waals surface area contributed by atoms with Crippen molar-refractivity contribution >= 4 is 11.6 Å². The molecule has 16 heavy (non-hydrogen) atoms. The van der Waals surface area contributed by atoms with Crippen LogP contribution in [0.2, 0.25) is 0 Å². The van der Waals surface area contributed by atoms with E-state index in [1.54, 1.807) is 6.08 Å². The SMILES string of the molecule is C=C/C=C\c1cc(/C(C)=C\CC)ccc1C. The van der Waals surface area contributed by atoms with Gasteiger partial charge in [-0.2, -0.15) is 0 Å². The Bertz CT molecular complexity index is 420. The third kappa shape index (κ3) is 3.23. The molecule has 0 spiro atoms. The van der Waals surface area contributed by atoms with E-state index in [-0.39, 0.29) is 0 Å². The van der Waals surface area contributed by atoms with E-state index < -0.39 is 0 Å². The smallest absolute Gasteiger partial charge is 0.0221 e. The van der Waals surface area contributed by atoms with Gasteiger partial charge < -0.3 is 0 Å². The maximum Gasteiger partial charge on any atom is -0.0221 e. The molecular weight excluding hydrogens is 192 g/mol. The second-order valence-corrected chi connectivity index (χ2v) is 3.96. The topological polar surface area (TPSA) is 0 Å². The lowest BCUT2D eigenvalue weighted by atomic mass is 10.00. The molecule has 0 saturated heterocycles. The molecule has 0 N–H and O–H groups in total. The molecule has 0 unspecified atom stereocenters. The van der Waals surface area contributed by atoms with Gasteiger partial charge in [0.05, 0.1) is 0 Å². The zero-order chi connectivity index (χ0) is 12.0. The molecule has 1 aromatic rings. The van der Waals surface area contributed by atoms with Crippen LogP contribution >= 0.6 is 0 Å². The first-order chi connectivity index (χ1) is 7.69. The quantitative estimate of drug-likeness (QED) is 0.615. The van der Waals surface area contributed by atoms with Gasteiger partial charge in [-0.25, -0.2) is 0 Å². The molecule has 0 aliphatic carbocycles. The third-order valence-electron chi connectivity index (χ3n) is 2.66. The highest BCUT2D eigenvalue weighted by Crippen LogP contribution is 2.19. The average molecular weight is 212 g/mol. The lowest BCUT2D eigenvalue weighted by Crippen LogP contribution is -1.85. The Morgan fingerprint density at radius 3 is 2.75 bits per heavy atom. The van der Waals surface area contributed by atoms with Crippen molar-refractivity contribution < 1.29 is 0 Å². The number of rotatable bonds is 4. The summed E-state index contributed by atoms with van der Waals surface area (Å²) in [5.74, 6) is 0. The normalized spacial score (nSPS) is 12.1. The summed E-state index contributed by atoms with van der Waals surface area (Å²) in [7, 11) is 0. The van der Waals surface area contributed by atoms with Crippen molar-refractivity contribution in [1.29, 1.82) is 0 Å². The molecule has 0 atom stereocenters. The van der Waals surface area contributed by atoms with Gasteiger partial charge in [0.15, 0.2) is 0 Å². The van der Waals surface area contributed by atoms with Crippen molar-refractivity contribution in [2.75, 3.05) is 0 Å². The van der Waals surface area contributed by atoms with Crippen molar-refractivity contribution in [1.82, 2.24) is 0 Å². The molecule has 0 amide bonds. The van der Waals surface area contributed by atoms with Gasteiger partial charge in [-0.15, -0.1) is 0 Å². The highest BCUT2D eigenvalue weighted by Gasteiger charge is 1.98. The molecule has 0 heterocycles. The Balaban J connectivity index is 3.11. The molecule has 0 radical (unpaired) electrons. The summed E-state index contributed by atoms with van der Waals surface area (Å²) >= 11 is 0. The summed E-state index contributed by atoms with van der Waals surface area (Å²) in [4.78, 5) is 0. The summed E-state index contributed by atoms with van der Waals surface area (Å²) in [5.41, 5.74) is 5.21. The number of benzene rings is 1. The van der Waals surface area contributed by atoms with Crippen LogP contribution in [0.1, 0.15) is 37.0 Å². The predicted molar refractivity (Wildman–Crippen MR) is 74.4 cm³/mol. The van der Waals surface area contributed by atoms with Gasteiger partial charge in [-0.3, -0.25) is 0 Å². The van der Waals surface area contributed by atoms with Gasteiger partial charge in [-0.1, -0.05) is 49.9 Å². The minimum absolute atomic E-state index is 1.08. The van der Waals surface area contributed by atoms with Crippen molar-refractivity contribution in [3.8, 4) is 0 Å². The first kappa shape index (κ1) is 12.5. The van der Waals surface area contributed by atoms with Crippen LogP contribution in [0.3, 0.4) is 0 Å². The van der Waals surface area contributed by atoms with Crippen LogP contribution in [-0.2, 0) is 0 Å². The van der Waals surface area contributed by atoms with E-state index >= 15 is 0 Å². The molecular formula is C16H20. The van der Waals surface area contributed by atoms with Gasteiger partial charge in [-0.05, 0) is 48.6 Å². The Labute approximate surface area is 99.0 Å². The lowest BCUT2D eigenvalue weighted by Gasteiger charge is -2.06. The third-order valence-corrected chi connectivity index (χ3v) is 2.66. The molecule has 1 aromatic carbocycles. The van der Waals surface area contributed by atoms with Gasteiger partial charge in [0.1, 0.15) is 0 Å². The Hall–Kier alpha value is -1.56. The standard InChI is InChI=1S/C16H20/c1-5-7-9-15-12-16(11-10-14(15)4)13(3)8-6-2/h5,7-12H,1,6H2,2-4H3/b9-7-,13-8-. The summed E-state index contributed by atoms with van der Waals surface area (Å²) < 4.78 is 0. The van der Waals surface area contributed by atoms with Gasteiger partial charge in [0, 0.05) is 0 Å². The number of hydrogen-bond acceptors (Lipinski definition) is 0. The number of aryl methyl sites for hydroxylation is 1. The largest absolute Gasteiger partial charge is 0.0991 e. The molecule has 0 aliphatic rings. The molecule has 0 aromatic heterocycles. The summed E-state index contributed by atoms with van der Waals surface area (Å²) in [6.45, 7) is 10.1. The van der Waals surface area contributed by atoms with Gasteiger partial charge >= 0.3 is 0 Å². The van der Waals surface area contributed by atoms with Crippen LogP contribution in [0.25, 0.3) is 11.6 Å². The van der Waals surface area contributed by atoms with E-state index in [1.165, 1.54) is 22.3 Å². The first-order valence-electron chi connectivity index (χ1n) is 5.76. The first-order valence-corrected chi connectivity index (χ1v) is 5.76. The van der Waals surface area contributed by atoms with E-state index in [4.69, 9.17) is 0 Å². The second kappa shape index (κ2) is 6.12. The van der Waals surface area contributed by atoms with Crippen LogP contribution in [0.5, 0.6) is 0 Å². The number of hydrogen-bond donors (Lipinski definition) is 0. The Kier molecular flexibility index (Phi) is 4.78. The van der Waals surface area contributed by atoms with Crippen molar-refractivity contribution in [2.45, 2.75) is 27.2 Å². The Morgan fingerprint density at radius 2 is 2.12 bits per heavy atom. The van der Waals surface area contributed by atoms with Crippen molar-refractivity contribution in [2.24, 2.45) is 0 Å². The van der Waals surface area contributed by atoms with E-state index in [0.717, 1.165) is 6.42 Å². The molecule has 0 bridgehead atoms. The summed E-state index contributed by atoms with van der Waals surface area (Å²) in [6, 6.07) is 6.59. The molecule has 0 saturated carbocycles. The van der Waals surface area contributed by atoms with Crippen LogP contribution in [0.15, 0.2) is 43.0 Å². The molecule has 0 heteroatoms. The average Bonchev–Trinajstić information content (AvgIpc) is 2.28. The van der Waals surface area contributed by atoms with Crippen LogP contribution in [0.4, 0.5) is 0 Å². The van der Waals surface area contributed by atoms with Crippen LogP contribution < -0.4 is 0 Å². The van der Waals surface area contributed by atoms with Crippen LogP contribution in [-0.4, -0.2) is 0 Å². The minimum atomic E-state index is 1.08. The molecule has 84 valence electrons. The predicted octanol–water partition coefficient (Wildman–Crippen LogP) is 5.01. The molecule has 0 aliphatic heterocycles. The fourth-order valence-electron chi connectivity index (χ4n) is 1.66. The second-order valence-electron chi connectivity index (χ2n) is 3.96.